The predicted molar refractivity (Wildman–Crippen MR) is 126 cm³/mol. The van der Waals surface area contributed by atoms with E-state index in [1.54, 1.807) is 0 Å². The van der Waals surface area contributed by atoms with Crippen LogP contribution in [0, 0.1) is 11.0 Å². The van der Waals surface area contributed by atoms with Gasteiger partial charge in [0, 0.05) is 24.2 Å². The Labute approximate surface area is 225 Å². The van der Waals surface area contributed by atoms with E-state index in [1.807, 2.05) is 0 Å². The van der Waals surface area contributed by atoms with Crippen LogP contribution in [0.4, 0.5) is 22.0 Å². The van der Waals surface area contributed by atoms with Crippen LogP contribution in [-0.4, -0.2) is 58.2 Å². The van der Waals surface area contributed by atoms with Crippen molar-refractivity contribution >= 4 is 11.6 Å². The smallest absolute Gasteiger partial charge is 0.345 e. The van der Waals surface area contributed by atoms with Gasteiger partial charge in [0.25, 0.3) is 0 Å². The van der Waals surface area contributed by atoms with E-state index in [2.05, 4.69) is 35.7 Å². The normalized spacial score (nSPS) is 12.5. The van der Waals surface area contributed by atoms with Crippen LogP contribution in [0.2, 0.25) is 5.02 Å². The Balaban J connectivity index is 1.54. The number of nitrogens with zero attached hydrogens (tertiary/aromatic N) is 10. The lowest BCUT2D eigenvalue weighted by atomic mass is 10.0. The van der Waals surface area contributed by atoms with Crippen molar-refractivity contribution in [2.45, 2.75) is 25.6 Å². The highest BCUT2D eigenvalue weighted by molar-refractivity contribution is 6.31. The zero-order valence-electron chi connectivity index (χ0n) is 19.9. The van der Waals surface area contributed by atoms with Crippen LogP contribution >= 0.6 is 11.6 Å². The summed E-state index contributed by atoms with van der Waals surface area (Å²) in [6.07, 6.45) is 5.83. The highest BCUT2D eigenvalue weighted by Gasteiger charge is 2.27. The van der Waals surface area contributed by atoms with Gasteiger partial charge in [0.05, 0.1) is 46.5 Å². The number of benzene rings is 1. The first-order valence-corrected chi connectivity index (χ1v) is 11.7. The molecule has 0 saturated heterocycles. The fraction of sp³-hybridized carbons (Fsp3) is 0.227. The van der Waals surface area contributed by atoms with Crippen molar-refractivity contribution in [2.75, 3.05) is 6.61 Å². The van der Waals surface area contributed by atoms with Crippen molar-refractivity contribution in [3.8, 4) is 28.1 Å². The maximum absolute atomic E-state index is 15.2. The first kappa shape index (κ1) is 27.1. The molecule has 0 unspecified atom stereocenters. The van der Waals surface area contributed by atoms with Crippen molar-refractivity contribution in [3.05, 3.63) is 77.1 Å². The fourth-order valence-electron chi connectivity index (χ4n) is 4.10. The average Bonchev–Trinajstić information content (AvgIpc) is 3.70. The van der Waals surface area contributed by atoms with Gasteiger partial charge in [0.1, 0.15) is 12.4 Å². The largest absolute Gasteiger partial charge is 0.618 e. The summed E-state index contributed by atoms with van der Waals surface area (Å²) in [5.74, 6) is -0.828. The standard InChI is InChI=1S/C22H16ClF5N10O2/c23-14-2-4-17(36-11-30-32-34-36)19(20(14)24)12-1-3-16(37(39)10-12)15(5-6-40-22(27)28)35-9-13(7-31-35)18-8-29-33-38(18)21(25)26/h1-4,7-11,15,21-22H,5-6H2/t15-/m1/s1. The monoisotopic (exact) mass is 582 g/mol. The van der Waals surface area contributed by atoms with Crippen LogP contribution in [0.25, 0.3) is 28.1 Å². The number of aromatic nitrogens is 10. The molecule has 0 N–H and O–H groups in total. The molecule has 40 heavy (non-hydrogen) atoms. The third-order valence-electron chi connectivity index (χ3n) is 5.85. The number of tetrazole rings is 1. The first-order chi connectivity index (χ1) is 19.2. The Kier molecular flexibility index (Phi) is 7.65. The minimum atomic E-state index is -3.06. The van der Waals surface area contributed by atoms with E-state index in [0.717, 1.165) is 12.4 Å². The molecule has 0 bridgehead atoms. The maximum Gasteiger partial charge on any atom is 0.345 e. The van der Waals surface area contributed by atoms with E-state index >= 15 is 4.39 Å². The molecule has 208 valence electrons. The number of halogens is 6. The maximum atomic E-state index is 15.2. The van der Waals surface area contributed by atoms with Gasteiger partial charge in [-0.2, -0.15) is 36.8 Å². The topological polar surface area (TPSA) is 128 Å². The van der Waals surface area contributed by atoms with E-state index in [9.17, 15) is 22.8 Å². The molecule has 0 saturated carbocycles. The number of rotatable bonds is 10. The fourth-order valence-corrected chi connectivity index (χ4v) is 4.25. The molecule has 0 aliphatic heterocycles. The second kappa shape index (κ2) is 11.3. The van der Waals surface area contributed by atoms with Gasteiger partial charge in [-0.3, -0.25) is 4.68 Å². The van der Waals surface area contributed by atoms with Gasteiger partial charge in [-0.25, -0.2) is 4.39 Å². The summed E-state index contributed by atoms with van der Waals surface area (Å²) < 4.78 is 74.7. The molecular formula is C22H16ClF5N10O2. The summed E-state index contributed by atoms with van der Waals surface area (Å²) in [4.78, 5) is 0. The van der Waals surface area contributed by atoms with Crippen molar-refractivity contribution in [3.63, 3.8) is 0 Å². The second-order valence-corrected chi connectivity index (χ2v) is 8.57. The van der Waals surface area contributed by atoms with Gasteiger partial charge >= 0.3 is 13.2 Å². The van der Waals surface area contributed by atoms with Crippen LogP contribution in [0.5, 0.6) is 0 Å². The molecule has 0 aliphatic carbocycles. The van der Waals surface area contributed by atoms with Crippen LogP contribution < -0.4 is 4.73 Å². The molecule has 1 aromatic carbocycles. The molecule has 0 spiro atoms. The van der Waals surface area contributed by atoms with E-state index in [0.29, 0.717) is 9.41 Å². The van der Waals surface area contributed by atoms with E-state index in [4.69, 9.17) is 11.6 Å². The van der Waals surface area contributed by atoms with Crippen LogP contribution in [0.1, 0.15) is 24.7 Å². The van der Waals surface area contributed by atoms with Gasteiger partial charge in [-0.15, -0.1) is 10.2 Å². The van der Waals surface area contributed by atoms with E-state index in [-0.39, 0.29) is 45.2 Å². The third-order valence-corrected chi connectivity index (χ3v) is 6.15. The Hall–Kier alpha value is -4.51. The highest BCUT2D eigenvalue weighted by atomic mass is 35.5. The second-order valence-electron chi connectivity index (χ2n) is 8.16. The van der Waals surface area contributed by atoms with Crippen molar-refractivity contribution in [1.82, 2.24) is 45.0 Å². The number of ether oxygens (including phenoxy) is 1. The van der Waals surface area contributed by atoms with Gasteiger partial charge in [-0.05, 0) is 28.6 Å². The van der Waals surface area contributed by atoms with Crippen LogP contribution in [0.3, 0.4) is 0 Å². The molecule has 4 aromatic heterocycles. The van der Waals surface area contributed by atoms with E-state index in [1.165, 1.54) is 52.4 Å². The molecule has 0 amide bonds. The lowest BCUT2D eigenvalue weighted by Gasteiger charge is -2.18. The highest BCUT2D eigenvalue weighted by Crippen LogP contribution is 2.34. The summed E-state index contributed by atoms with van der Waals surface area (Å²) >= 11 is 5.99. The minimum Gasteiger partial charge on any atom is -0.618 e. The zero-order chi connectivity index (χ0) is 28.4. The Morgan fingerprint density at radius 3 is 2.55 bits per heavy atom. The summed E-state index contributed by atoms with van der Waals surface area (Å²) in [6.45, 7) is -6.50. The first-order valence-electron chi connectivity index (χ1n) is 11.3. The van der Waals surface area contributed by atoms with Crippen molar-refractivity contribution in [1.29, 1.82) is 0 Å². The Bertz CT molecular complexity index is 1610. The average molecular weight is 583 g/mol. The predicted octanol–water partition coefficient (Wildman–Crippen LogP) is 3.82. The summed E-state index contributed by atoms with van der Waals surface area (Å²) in [7, 11) is 0. The van der Waals surface area contributed by atoms with Gasteiger partial charge in [0.15, 0.2) is 12.0 Å². The molecule has 0 radical (unpaired) electrons. The van der Waals surface area contributed by atoms with Crippen molar-refractivity contribution in [2.24, 2.45) is 0 Å². The molecular weight excluding hydrogens is 567 g/mol. The van der Waals surface area contributed by atoms with Crippen molar-refractivity contribution < 1.29 is 31.4 Å². The quantitative estimate of drug-likeness (QED) is 0.138. The molecule has 5 rings (SSSR count). The summed E-state index contributed by atoms with van der Waals surface area (Å²) in [5, 5.41) is 34.8. The summed E-state index contributed by atoms with van der Waals surface area (Å²) in [5.41, 5.74) is 0.389. The summed E-state index contributed by atoms with van der Waals surface area (Å²) in [6, 6.07) is 4.56. The van der Waals surface area contributed by atoms with Crippen LogP contribution in [-0.2, 0) is 4.74 Å². The Morgan fingerprint density at radius 1 is 1.02 bits per heavy atom. The van der Waals surface area contributed by atoms with Gasteiger partial charge in [-0.1, -0.05) is 16.8 Å². The lowest BCUT2D eigenvalue weighted by molar-refractivity contribution is -0.615. The SMILES string of the molecule is [O-][n+]1cc(-c2c(-n3cnnn3)ccc(Cl)c2F)ccc1[C@@H](CCOC(F)F)n1cc(-c2cnnn2C(F)F)cn1. The number of hydrogen-bond acceptors (Lipinski definition) is 8. The molecule has 0 aliphatic rings. The third kappa shape index (κ3) is 5.32. The molecule has 4 heterocycles. The molecule has 0 fully saturated rings. The minimum absolute atomic E-state index is 0.0168. The van der Waals surface area contributed by atoms with Crippen LogP contribution in [0.15, 0.2) is 55.4 Å². The zero-order valence-corrected chi connectivity index (χ0v) is 20.7. The Morgan fingerprint density at radius 2 is 1.85 bits per heavy atom. The number of alkyl halides is 4. The van der Waals surface area contributed by atoms with Gasteiger partial charge in [0.2, 0.25) is 5.69 Å². The molecule has 18 heteroatoms. The number of pyridine rings is 1. The van der Waals surface area contributed by atoms with E-state index < -0.39 is 31.6 Å². The molecule has 5 aromatic rings. The lowest BCUT2D eigenvalue weighted by Crippen LogP contribution is -2.36. The number of hydrogen-bond donors (Lipinski definition) is 0. The molecule has 12 nitrogen and oxygen atoms in total. The molecule has 1 atom stereocenters. The van der Waals surface area contributed by atoms with Gasteiger partial charge < -0.3 is 9.94 Å².